The van der Waals surface area contributed by atoms with E-state index in [0.29, 0.717) is 19.1 Å². The van der Waals surface area contributed by atoms with Gasteiger partial charge in [-0.05, 0) is 62.7 Å². The topological polar surface area (TPSA) is 52.6 Å². The molecule has 0 aromatic rings. The fraction of sp³-hybridized carbons (Fsp3) is 0.895. The number of rotatable bonds is 6. The summed E-state index contributed by atoms with van der Waals surface area (Å²) >= 11 is 0. The highest BCUT2D eigenvalue weighted by Gasteiger charge is 2.51. The Kier molecular flexibility index (Phi) is 6.10. The molecule has 0 amide bonds. The third kappa shape index (κ3) is 3.89. The van der Waals surface area contributed by atoms with Crippen LogP contribution in [0, 0.1) is 29.1 Å². The zero-order chi connectivity index (χ0) is 17.0. The molecule has 0 aromatic heterocycles. The van der Waals surface area contributed by atoms with Crippen LogP contribution in [0.2, 0.25) is 0 Å². The highest BCUT2D eigenvalue weighted by atomic mass is 16.6. The van der Waals surface area contributed by atoms with Crippen molar-refractivity contribution in [3.63, 3.8) is 0 Å². The summed E-state index contributed by atoms with van der Waals surface area (Å²) in [6.07, 6.45) is 7.17. The molecule has 0 heterocycles. The molecule has 0 aromatic carbocycles. The van der Waals surface area contributed by atoms with E-state index in [4.69, 9.17) is 9.47 Å². The normalized spacial score (nSPS) is 31.5. The Morgan fingerprint density at radius 2 is 1.74 bits per heavy atom. The Labute approximate surface area is 140 Å². The van der Waals surface area contributed by atoms with Crippen molar-refractivity contribution in [2.45, 2.75) is 66.2 Å². The van der Waals surface area contributed by atoms with Crippen molar-refractivity contribution in [2.24, 2.45) is 29.1 Å². The van der Waals surface area contributed by atoms with Crippen LogP contribution in [-0.4, -0.2) is 25.2 Å². The fourth-order valence-electron chi connectivity index (χ4n) is 5.18. The minimum Gasteiger partial charge on any atom is -0.465 e. The van der Waals surface area contributed by atoms with E-state index in [2.05, 4.69) is 13.8 Å². The standard InChI is InChI=1S/C19H32O4/c1-5-22-17(20)16(18(21)23-6-2)14(4)19-9-7-8-15(12-19)10-13(3)11-19/h13-16H,5-12H2,1-4H3. The molecular weight excluding hydrogens is 292 g/mol. The van der Waals surface area contributed by atoms with E-state index < -0.39 is 17.9 Å². The molecule has 0 aliphatic heterocycles. The predicted molar refractivity (Wildman–Crippen MR) is 88.7 cm³/mol. The molecular formula is C19H32O4. The summed E-state index contributed by atoms with van der Waals surface area (Å²) in [5.41, 5.74) is 0.0881. The first-order chi connectivity index (χ1) is 10.9. The average molecular weight is 324 g/mol. The first-order valence-corrected chi connectivity index (χ1v) is 9.26. The highest BCUT2D eigenvalue weighted by Crippen LogP contribution is 2.56. The van der Waals surface area contributed by atoms with Gasteiger partial charge in [-0.1, -0.05) is 26.7 Å². The van der Waals surface area contributed by atoms with E-state index in [-0.39, 0.29) is 11.3 Å². The second-order valence-corrected chi connectivity index (χ2v) is 7.64. The van der Waals surface area contributed by atoms with Crippen LogP contribution in [-0.2, 0) is 19.1 Å². The lowest BCUT2D eigenvalue weighted by molar-refractivity contribution is -0.169. The fourth-order valence-corrected chi connectivity index (χ4v) is 5.18. The molecule has 0 N–H and O–H groups in total. The van der Waals surface area contributed by atoms with E-state index in [9.17, 15) is 9.59 Å². The summed E-state index contributed by atoms with van der Waals surface area (Å²) in [5, 5.41) is 0. The molecule has 4 nitrogen and oxygen atoms in total. The van der Waals surface area contributed by atoms with Crippen LogP contribution < -0.4 is 0 Å². The molecule has 4 heteroatoms. The molecule has 4 atom stereocenters. The molecule has 23 heavy (non-hydrogen) atoms. The smallest absolute Gasteiger partial charge is 0.320 e. The van der Waals surface area contributed by atoms with E-state index in [1.807, 2.05) is 0 Å². The molecule has 2 saturated carbocycles. The van der Waals surface area contributed by atoms with Gasteiger partial charge in [-0.3, -0.25) is 9.59 Å². The Hall–Kier alpha value is -1.06. The molecule has 0 saturated heterocycles. The van der Waals surface area contributed by atoms with Crippen LogP contribution in [0.25, 0.3) is 0 Å². The molecule has 2 fully saturated rings. The number of fused-ring (bicyclic) bond motifs is 2. The third-order valence-electron chi connectivity index (χ3n) is 6.02. The van der Waals surface area contributed by atoms with E-state index in [1.165, 1.54) is 19.3 Å². The van der Waals surface area contributed by atoms with Gasteiger partial charge in [0, 0.05) is 0 Å². The van der Waals surface area contributed by atoms with Gasteiger partial charge in [0.25, 0.3) is 0 Å². The highest BCUT2D eigenvalue weighted by molar-refractivity contribution is 5.95. The van der Waals surface area contributed by atoms with E-state index in [1.54, 1.807) is 13.8 Å². The van der Waals surface area contributed by atoms with Crippen molar-refractivity contribution in [3.05, 3.63) is 0 Å². The first-order valence-electron chi connectivity index (χ1n) is 9.26. The van der Waals surface area contributed by atoms with Crippen molar-refractivity contribution in [3.8, 4) is 0 Å². The van der Waals surface area contributed by atoms with E-state index in [0.717, 1.165) is 25.2 Å². The predicted octanol–water partition coefficient (Wildman–Crippen LogP) is 3.97. The SMILES string of the molecule is CCOC(=O)C(C(=O)OCC)C(C)C12CCCC(CC(C)C1)C2. The van der Waals surface area contributed by atoms with Gasteiger partial charge in [0.1, 0.15) is 0 Å². The Morgan fingerprint density at radius 1 is 1.13 bits per heavy atom. The molecule has 2 aliphatic carbocycles. The zero-order valence-electron chi connectivity index (χ0n) is 15.1. The van der Waals surface area contributed by atoms with Crippen LogP contribution in [0.1, 0.15) is 66.2 Å². The summed E-state index contributed by atoms with van der Waals surface area (Å²) in [6.45, 7) is 8.54. The maximum absolute atomic E-state index is 12.5. The van der Waals surface area contributed by atoms with Gasteiger partial charge >= 0.3 is 11.9 Å². The Balaban J connectivity index is 2.25. The minimum absolute atomic E-state index is 0.0221. The maximum atomic E-state index is 12.5. The van der Waals surface area contributed by atoms with Crippen molar-refractivity contribution in [2.75, 3.05) is 13.2 Å². The zero-order valence-corrected chi connectivity index (χ0v) is 15.1. The van der Waals surface area contributed by atoms with Crippen LogP contribution >= 0.6 is 0 Å². The monoisotopic (exact) mass is 324 g/mol. The molecule has 2 aliphatic rings. The number of hydrogen-bond acceptors (Lipinski definition) is 4. The largest absolute Gasteiger partial charge is 0.465 e. The summed E-state index contributed by atoms with van der Waals surface area (Å²) < 4.78 is 10.4. The molecule has 4 unspecified atom stereocenters. The Morgan fingerprint density at radius 3 is 2.30 bits per heavy atom. The minimum atomic E-state index is -0.779. The molecule has 132 valence electrons. The lowest BCUT2D eigenvalue weighted by Crippen LogP contribution is -2.47. The van der Waals surface area contributed by atoms with Gasteiger partial charge in [-0.25, -0.2) is 0 Å². The van der Waals surface area contributed by atoms with E-state index >= 15 is 0 Å². The average Bonchev–Trinajstić information content (AvgIpc) is 2.47. The van der Waals surface area contributed by atoms with Crippen LogP contribution in [0.4, 0.5) is 0 Å². The molecule has 2 bridgehead atoms. The Bertz CT molecular complexity index is 411. The van der Waals surface area contributed by atoms with Gasteiger partial charge < -0.3 is 9.47 Å². The molecule has 0 spiro atoms. The molecule has 2 rings (SSSR count). The van der Waals surface area contributed by atoms with Crippen LogP contribution in [0.3, 0.4) is 0 Å². The quantitative estimate of drug-likeness (QED) is 0.548. The van der Waals surface area contributed by atoms with Gasteiger partial charge in [-0.15, -0.1) is 0 Å². The van der Waals surface area contributed by atoms with Gasteiger partial charge in [-0.2, -0.15) is 0 Å². The van der Waals surface area contributed by atoms with Gasteiger partial charge in [0.2, 0.25) is 0 Å². The van der Waals surface area contributed by atoms with Crippen molar-refractivity contribution in [1.82, 2.24) is 0 Å². The van der Waals surface area contributed by atoms with Crippen LogP contribution in [0.5, 0.6) is 0 Å². The third-order valence-corrected chi connectivity index (χ3v) is 6.02. The first kappa shape index (κ1) is 18.3. The summed E-state index contributed by atoms with van der Waals surface area (Å²) in [5.74, 6) is -0.201. The number of esters is 2. The second kappa shape index (κ2) is 7.67. The summed E-state index contributed by atoms with van der Waals surface area (Å²) in [4.78, 5) is 24.9. The summed E-state index contributed by atoms with van der Waals surface area (Å²) in [6, 6.07) is 0. The van der Waals surface area contributed by atoms with Crippen molar-refractivity contribution >= 4 is 11.9 Å². The van der Waals surface area contributed by atoms with Crippen LogP contribution in [0.15, 0.2) is 0 Å². The van der Waals surface area contributed by atoms with Crippen molar-refractivity contribution in [1.29, 1.82) is 0 Å². The number of carbonyl (C=O) groups is 2. The molecule has 0 radical (unpaired) electrons. The second-order valence-electron chi connectivity index (χ2n) is 7.64. The number of hydrogen-bond donors (Lipinski definition) is 0. The lowest BCUT2D eigenvalue weighted by atomic mass is 9.53. The summed E-state index contributed by atoms with van der Waals surface area (Å²) in [7, 11) is 0. The van der Waals surface area contributed by atoms with Gasteiger partial charge in [0.05, 0.1) is 13.2 Å². The number of ether oxygens (including phenoxy) is 2. The van der Waals surface area contributed by atoms with Crippen molar-refractivity contribution < 1.29 is 19.1 Å². The number of carbonyl (C=O) groups excluding carboxylic acids is 2. The van der Waals surface area contributed by atoms with Gasteiger partial charge in [0.15, 0.2) is 5.92 Å². The maximum Gasteiger partial charge on any atom is 0.320 e. The lowest BCUT2D eigenvalue weighted by Gasteiger charge is -2.52.